The van der Waals surface area contributed by atoms with Crippen molar-refractivity contribution in [2.45, 2.75) is 26.7 Å². The van der Waals surface area contributed by atoms with Crippen LogP contribution in [0.15, 0.2) is 42.7 Å². The SMILES string of the molecule is CC(=O)c1ccc(NC(=O)c2cncc(C(=O)N3CCC(C)CC3)c2)cc1. The van der Waals surface area contributed by atoms with Crippen LogP contribution in [0.1, 0.15) is 57.8 Å². The molecule has 1 saturated heterocycles. The van der Waals surface area contributed by atoms with E-state index in [2.05, 4.69) is 17.2 Å². The molecule has 6 nitrogen and oxygen atoms in total. The van der Waals surface area contributed by atoms with E-state index in [1.54, 1.807) is 30.3 Å². The number of likely N-dealkylation sites (tertiary alicyclic amines) is 1. The molecule has 27 heavy (non-hydrogen) atoms. The molecule has 1 aliphatic heterocycles. The molecular weight excluding hydrogens is 342 g/mol. The lowest BCUT2D eigenvalue weighted by Gasteiger charge is -2.30. The number of anilines is 1. The fourth-order valence-electron chi connectivity index (χ4n) is 3.07. The quantitative estimate of drug-likeness (QED) is 0.842. The summed E-state index contributed by atoms with van der Waals surface area (Å²) in [5.74, 6) is 0.170. The number of piperidine rings is 1. The van der Waals surface area contributed by atoms with E-state index in [-0.39, 0.29) is 17.6 Å². The highest BCUT2D eigenvalue weighted by molar-refractivity contribution is 6.06. The molecule has 0 saturated carbocycles. The van der Waals surface area contributed by atoms with Crippen LogP contribution in [-0.2, 0) is 0 Å². The Hall–Kier alpha value is -3.02. The molecule has 1 fully saturated rings. The second-order valence-corrected chi connectivity index (χ2v) is 7.02. The van der Waals surface area contributed by atoms with Crippen molar-refractivity contribution in [3.05, 3.63) is 59.4 Å². The monoisotopic (exact) mass is 365 g/mol. The Balaban J connectivity index is 1.69. The number of pyridine rings is 1. The minimum atomic E-state index is -0.347. The van der Waals surface area contributed by atoms with E-state index < -0.39 is 0 Å². The van der Waals surface area contributed by atoms with Crippen LogP contribution in [0, 0.1) is 5.92 Å². The van der Waals surface area contributed by atoms with E-state index in [9.17, 15) is 14.4 Å². The van der Waals surface area contributed by atoms with E-state index in [1.165, 1.54) is 19.3 Å². The maximum atomic E-state index is 12.7. The van der Waals surface area contributed by atoms with Gasteiger partial charge in [-0.05, 0) is 56.0 Å². The number of carbonyl (C=O) groups is 3. The zero-order valence-corrected chi connectivity index (χ0v) is 15.6. The molecule has 1 N–H and O–H groups in total. The molecule has 0 atom stereocenters. The number of nitrogens with zero attached hydrogens (tertiary/aromatic N) is 2. The molecule has 1 aromatic heterocycles. The zero-order valence-electron chi connectivity index (χ0n) is 15.6. The summed E-state index contributed by atoms with van der Waals surface area (Å²) < 4.78 is 0. The summed E-state index contributed by atoms with van der Waals surface area (Å²) in [5.41, 5.74) is 1.90. The van der Waals surface area contributed by atoms with E-state index in [1.807, 2.05) is 4.90 Å². The van der Waals surface area contributed by atoms with E-state index >= 15 is 0 Å². The number of aromatic nitrogens is 1. The Morgan fingerprint density at radius 3 is 2.26 bits per heavy atom. The number of amides is 2. The van der Waals surface area contributed by atoms with Crippen LogP contribution < -0.4 is 5.32 Å². The molecule has 1 aliphatic rings. The average molecular weight is 365 g/mol. The lowest BCUT2D eigenvalue weighted by molar-refractivity contribution is 0.0696. The lowest BCUT2D eigenvalue weighted by Crippen LogP contribution is -2.38. The van der Waals surface area contributed by atoms with Gasteiger partial charge in [0.15, 0.2) is 5.78 Å². The second-order valence-electron chi connectivity index (χ2n) is 7.02. The second kappa shape index (κ2) is 8.12. The number of benzene rings is 1. The highest BCUT2D eigenvalue weighted by atomic mass is 16.2. The highest BCUT2D eigenvalue weighted by Crippen LogP contribution is 2.19. The summed E-state index contributed by atoms with van der Waals surface area (Å²) in [7, 11) is 0. The molecule has 3 rings (SSSR count). The van der Waals surface area contributed by atoms with E-state index in [0.717, 1.165) is 25.9 Å². The summed E-state index contributed by atoms with van der Waals surface area (Å²) >= 11 is 0. The summed E-state index contributed by atoms with van der Waals surface area (Å²) in [4.78, 5) is 42.3. The summed E-state index contributed by atoms with van der Waals surface area (Å²) in [5, 5.41) is 2.76. The number of hydrogen-bond acceptors (Lipinski definition) is 4. The Morgan fingerprint density at radius 2 is 1.63 bits per heavy atom. The standard InChI is InChI=1S/C21H23N3O3/c1-14-7-9-24(10-8-14)21(27)18-11-17(12-22-13-18)20(26)23-19-5-3-16(4-6-19)15(2)25/h3-6,11-14H,7-10H2,1-2H3,(H,23,26). The predicted octanol–water partition coefficient (Wildman–Crippen LogP) is 3.41. The summed E-state index contributed by atoms with van der Waals surface area (Å²) in [6, 6.07) is 8.24. The minimum absolute atomic E-state index is 0.0320. The molecule has 0 spiro atoms. The number of nitrogens with one attached hydrogen (secondary N) is 1. The molecule has 2 aromatic rings. The van der Waals surface area contributed by atoms with Gasteiger partial charge >= 0.3 is 0 Å². The molecule has 2 heterocycles. The summed E-state index contributed by atoms with van der Waals surface area (Å²) in [6.45, 7) is 5.15. The first-order valence-corrected chi connectivity index (χ1v) is 9.10. The van der Waals surface area contributed by atoms with Gasteiger partial charge in [-0.25, -0.2) is 0 Å². The fourth-order valence-corrected chi connectivity index (χ4v) is 3.07. The van der Waals surface area contributed by atoms with Gasteiger partial charge in [-0.3, -0.25) is 19.4 Å². The molecular formula is C21H23N3O3. The molecule has 1 aromatic carbocycles. The van der Waals surface area contributed by atoms with Crippen LogP contribution in [0.4, 0.5) is 5.69 Å². The third-order valence-corrected chi connectivity index (χ3v) is 4.87. The number of hydrogen-bond donors (Lipinski definition) is 1. The number of carbonyl (C=O) groups excluding carboxylic acids is 3. The summed E-state index contributed by atoms with van der Waals surface area (Å²) in [6.07, 6.45) is 4.93. The molecule has 0 unspecified atom stereocenters. The zero-order chi connectivity index (χ0) is 19.4. The van der Waals surface area contributed by atoms with Gasteiger partial charge in [0, 0.05) is 36.7 Å². The predicted molar refractivity (Wildman–Crippen MR) is 103 cm³/mol. The number of Topliss-reactive ketones (excluding diaryl/α,β-unsaturated/α-hetero) is 1. The number of rotatable bonds is 4. The lowest BCUT2D eigenvalue weighted by atomic mass is 9.98. The smallest absolute Gasteiger partial charge is 0.257 e. The van der Waals surface area contributed by atoms with E-state index in [0.29, 0.717) is 28.3 Å². The van der Waals surface area contributed by atoms with Crippen molar-refractivity contribution in [2.75, 3.05) is 18.4 Å². The van der Waals surface area contributed by atoms with Gasteiger partial charge in [-0.1, -0.05) is 6.92 Å². The van der Waals surface area contributed by atoms with Crippen molar-refractivity contribution in [1.29, 1.82) is 0 Å². The van der Waals surface area contributed by atoms with Crippen molar-refractivity contribution >= 4 is 23.3 Å². The van der Waals surface area contributed by atoms with Crippen LogP contribution in [0.25, 0.3) is 0 Å². The molecule has 2 amide bonds. The van der Waals surface area contributed by atoms with Gasteiger partial charge in [-0.15, -0.1) is 0 Å². The molecule has 140 valence electrons. The largest absolute Gasteiger partial charge is 0.339 e. The topological polar surface area (TPSA) is 79.4 Å². The Kier molecular flexibility index (Phi) is 5.64. The first-order chi connectivity index (χ1) is 12.9. The average Bonchev–Trinajstić information content (AvgIpc) is 2.68. The van der Waals surface area contributed by atoms with Crippen LogP contribution in [0.2, 0.25) is 0 Å². The molecule has 0 radical (unpaired) electrons. The Labute approximate surface area is 158 Å². The maximum absolute atomic E-state index is 12.7. The third-order valence-electron chi connectivity index (χ3n) is 4.87. The van der Waals surface area contributed by atoms with Crippen LogP contribution in [-0.4, -0.2) is 40.6 Å². The van der Waals surface area contributed by atoms with Crippen LogP contribution >= 0.6 is 0 Å². The fraction of sp³-hybridized carbons (Fsp3) is 0.333. The maximum Gasteiger partial charge on any atom is 0.257 e. The Morgan fingerprint density at radius 1 is 1.00 bits per heavy atom. The Bertz CT molecular complexity index is 853. The van der Waals surface area contributed by atoms with Gasteiger partial charge in [-0.2, -0.15) is 0 Å². The van der Waals surface area contributed by atoms with Crippen molar-refractivity contribution in [3.63, 3.8) is 0 Å². The first-order valence-electron chi connectivity index (χ1n) is 9.10. The molecule has 0 bridgehead atoms. The van der Waals surface area contributed by atoms with Crippen molar-refractivity contribution < 1.29 is 14.4 Å². The van der Waals surface area contributed by atoms with E-state index in [4.69, 9.17) is 0 Å². The van der Waals surface area contributed by atoms with Crippen molar-refractivity contribution in [3.8, 4) is 0 Å². The van der Waals surface area contributed by atoms with Gasteiger partial charge < -0.3 is 10.2 Å². The van der Waals surface area contributed by atoms with Crippen LogP contribution in [0.3, 0.4) is 0 Å². The van der Waals surface area contributed by atoms with Gasteiger partial charge in [0.2, 0.25) is 0 Å². The molecule has 6 heteroatoms. The van der Waals surface area contributed by atoms with Crippen molar-refractivity contribution in [2.24, 2.45) is 5.92 Å². The van der Waals surface area contributed by atoms with Gasteiger partial charge in [0.1, 0.15) is 0 Å². The molecule has 0 aliphatic carbocycles. The van der Waals surface area contributed by atoms with Gasteiger partial charge in [0.25, 0.3) is 11.8 Å². The van der Waals surface area contributed by atoms with Crippen molar-refractivity contribution in [1.82, 2.24) is 9.88 Å². The highest BCUT2D eigenvalue weighted by Gasteiger charge is 2.22. The third kappa shape index (κ3) is 4.58. The normalized spacial score (nSPS) is 14.7. The first kappa shape index (κ1) is 18.8. The van der Waals surface area contributed by atoms with Crippen LogP contribution in [0.5, 0.6) is 0 Å². The van der Waals surface area contributed by atoms with Gasteiger partial charge in [0.05, 0.1) is 11.1 Å². The minimum Gasteiger partial charge on any atom is -0.339 e. The number of ketones is 1.